The number of nitrogens with one attached hydrogen (secondary N) is 1. The fraction of sp³-hybridized carbons (Fsp3) is 0.286. The molecule has 1 aliphatic rings. The van der Waals surface area contributed by atoms with Gasteiger partial charge in [0, 0.05) is 19.5 Å². The standard InChI is InChI=1S/C21H22N2O6/c1-28-17-9-14(21(26)27)8-16(19(17)29-2)22-20(25)15-10-18(24)23(12-15)11-13-6-4-3-5-7-13/h3-9,15H,10-12H2,1-2H3,(H,22,25)(H,26,27). The SMILES string of the molecule is COc1cc(C(=O)O)cc(NC(=O)C2CC(=O)N(Cc3ccccc3)C2)c1OC. The van der Waals surface area contributed by atoms with E-state index in [0.717, 1.165) is 5.56 Å². The van der Waals surface area contributed by atoms with Gasteiger partial charge < -0.3 is 24.8 Å². The lowest BCUT2D eigenvalue weighted by Crippen LogP contribution is -2.28. The number of ether oxygens (including phenoxy) is 2. The number of rotatable bonds is 7. The highest BCUT2D eigenvalue weighted by atomic mass is 16.5. The fourth-order valence-electron chi connectivity index (χ4n) is 3.32. The molecule has 0 spiro atoms. The van der Waals surface area contributed by atoms with Crippen molar-refractivity contribution in [2.45, 2.75) is 13.0 Å². The second-order valence-corrected chi connectivity index (χ2v) is 6.71. The summed E-state index contributed by atoms with van der Waals surface area (Å²) in [6.07, 6.45) is 0.0940. The van der Waals surface area contributed by atoms with Gasteiger partial charge >= 0.3 is 5.97 Å². The number of carbonyl (C=O) groups is 3. The van der Waals surface area contributed by atoms with Crippen LogP contribution in [0.2, 0.25) is 0 Å². The van der Waals surface area contributed by atoms with E-state index in [4.69, 9.17) is 9.47 Å². The number of hydrogen-bond acceptors (Lipinski definition) is 5. The van der Waals surface area contributed by atoms with Crippen LogP contribution >= 0.6 is 0 Å². The maximum atomic E-state index is 12.8. The van der Waals surface area contributed by atoms with Crippen molar-refractivity contribution in [3.8, 4) is 11.5 Å². The molecule has 8 nitrogen and oxygen atoms in total. The molecule has 0 bridgehead atoms. The fourth-order valence-corrected chi connectivity index (χ4v) is 3.32. The Balaban J connectivity index is 1.76. The number of likely N-dealkylation sites (tertiary alicyclic amines) is 1. The molecule has 1 fully saturated rings. The summed E-state index contributed by atoms with van der Waals surface area (Å²) < 4.78 is 10.5. The summed E-state index contributed by atoms with van der Waals surface area (Å²) in [6.45, 7) is 0.729. The first-order chi connectivity index (χ1) is 13.9. The summed E-state index contributed by atoms with van der Waals surface area (Å²) in [5, 5.41) is 12.0. The lowest BCUT2D eigenvalue weighted by atomic mass is 10.1. The van der Waals surface area contributed by atoms with Gasteiger partial charge in [0.05, 0.1) is 31.4 Å². The van der Waals surface area contributed by atoms with E-state index in [1.807, 2.05) is 30.3 Å². The zero-order valence-electron chi connectivity index (χ0n) is 16.2. The van der Waals surface area contributed by atoms with Crippen LogP contribution in [0.1, 0.15) is 22.3 Å². The molecule has 1 aliphatic heterocycles. The molecule has 2 aromatic carbocycles. The van der Waals surface area contributed by atoms with Gasteiger partial charge in [0.15, 0.2) is 11.5 Å². The monoisotopic (exact) mass is 398 g/mol. The number of benzene rings is 2. The van der Waals surface area contributed by atoms with Crippen molar-refractivity contribution in [3.05, 3.63) is 53.6 Å². The maximum Gasteiger partial charge on any atom is 0.335 e. The van der Waals surface area contributed by atoms with Gasteiger partial charge in [-0.3, -0.25) is 9.59 Å². The summed E-state index contributed by atoms with van der Waals surface area (Å²) in [5.41, 5.74) is 1.12. The highest BCUT2D eigenvalue weighted by Crippen LogP contribution is 2.37. The highest BCUT2D eigenvalue weighted by molar-refractivity contribution is 6.00. The second kappa shape index (κ2) is 8.64. The Hall–Kier alpha value is -3.55. The summed E-state index contributed by atoms with van der Waals surface area (Å²) in [7, 11) is 2.78. The molecule has 8 heteroatoms. The van der Waals surface area contributed by atoms with Crippen molar-refractivity contribution in [1.82, 2.24) is 4.90 Å². The lowest BCUT2D eigenvalue weighted by molar-refractivity contribution is -0.128. The maximum absolute atomic E-state index is 12.8. The summed E-state index contributed by atoms with van der Waals surface area (Å²) in [5.74, 6) is -1.77. The van der Waals surface area contributed by atoms with Crippen LogP contribution in [0.3, 0.4) is 0 Å². The average Bonchev–Trinajstić information content (AvgIpc) is 3.08. The van der Waals surface area contributed by atoms with Crippen molar-refractivity contribution in [1.29, 1.82) is 0 Å². The van der Waals surface area contributed by atoms with Gasteiger partial charge in [0.1, 0.15) is 0 Å². The van der Waals surface area contributed by atoms with Crippen molar-refractivity contribution in [2.75, 3.05) is 26.1 Å². The van der Waals surface area contributed by atoms with Gasteiger partial charge in [-0.15, -0.1) is 0 Å². The molecule has 0 aromatic heterocycles. The molecule has 2 amide bonds. The lowest BCUT2D eigenvalue weighted by Gasteiger charge is -2.18. The van der Waals surface area contributed by atoms with Gasteiger partial charge in [-0.2, -0.15) is 0 Å². The minimum atomic E-state index is -1.16. The van der Waals surface area contributed by atoms with Crippen LogP contribution in [0.15, 0.2) is 42.5 Å². The van der Waals surface area contributed by atoms with E-state index in [2.05, 4.69) is 5.32 Å². The molecule has 0 radical (unpaired) electrons. The first-order valence-corrected chi connectivity index (χ1v) is 9.04. The molecule has 0 aliphatic carbocycles. The normalized spacial score (nSPS) is 15.9. The second-order valence-electron chi connectivity index (χ2n) is 6.71. The van der Waals surface area contributed by atoms with Crippen LogP contribution < -0.4 is 14.8 Å². The number of methoxy groups -OCH3 is 2. The third-order valence-electron chi connectivity index (χ3n) is 4.79. The van der Waals surface area contributed by atoms with E-state index >= 15 is 0 Å². The quantitative estimate of drug-likeness (QED) is 0.742. The summed E-state index contributed by atoms with van der Waals surface area (Å²) >= 11 is 0. The molecule has 2 aromatic rings. The predicted molar refractivity (Wildman–Crippen MR) is 105 cm³/mol. The number of carboxylic acids is 1. The third-order valence-corrected chi connectivity index (χ3v) is 4.79. The molecule has 152 valence electrons. The van der Waals surface area contributed by atoms with Gasteiger partial charge in [-0.1, -0.05) is 30.3 Å². The van der Waals surface area contributed by atoms with E-state index in [9.17, 15) is 19.5 Å². The Kier molecular flexibility index (Phi) is 6.01. The van der Waals surface area contributed by atoms with Crippen molar-refractivity contribution >= 4 is 23.5 Å². The molecule has 1 saturated heterocycles. The number of nitrogens with zero attached hydrogens (tertiary/aromatic N) is 1. The largest absolute Gasteiger partial charge is 0.493 e. The Bertz CT molecular complexity index is 928. The number of aromatic carboxylic acids is 1. The number of hydrogen-bond donors (Lipinski definition) is 2. The number of carboxylic acid groups (broad SMARTS) is 1. The van der Waals surface area contributed by atoms with Gasteiger partial charge in [-0.25, -0.2) is 4.79 Å². The first kappa shape index (κ1) is 20.2. The smallest absolute Gasteiger partial charge is 0.335 e. The Labute approximate surface area is 168 Å². The molecule has 1 heterocycles. The Morgan fingerprint density at radius 2 is 1.90 bits per heavy atom. The Morgan fingerprint density at radius 1 is 1.17 bits per heavy atom. The zero-order valence-corrected chi connectivity index (χ0v) is 16.2. The van der Waals surface area contributed by atoms with Crippen LogP contribution in [-0.2, 0) is 16.1 Å². The predicted octanol–water partition coefficient (Wildman–Crippen LogP) is 2.39. The third kappa shape index (κ3) is 4.48. The Morgan fingerprint density at radius 3 is 2.52 bits per heavy atom. The van der Waals surface area contributed by atoms with Crippen molar-refractivity contribution in [3.63, 3.8) is 0 Å². The van der Waals surface area contributed by atoms with Gasteiger partial charge in [0.25, 0.3) is 0 Å². The molecule has 1 atom stereocenters. The first-order valence-electron chi connectivity index (χ1n) is 9.04. The summed E-state index contributed by atoms with van der Waals surface area (Å²) in [6, 6.07) is 12.2. The average molecular weight is 398 g/mol. The van der Waals surface area contributed by atoms with E-state index < -0.39 is 11.9 Å². The van der Waals surface area contributed by atoms with Gasteiger partial charge in [0.2, 0.25) is 11.8 Å². The number of amides is 2. The number of anilines is 1. The van der Waals surface area contributed by atoms with Crippen LogP contribution in [0.5, 0.6) is 11.5 Å². The summed E-state index contributed by atoms with van der Waals surface area (Å²) in [4.78, 5) is 38.1. The minimum absolute atomic E-state index is 0.0499. The van der Waals surface area contributed by atoms with Crippen LogP contribution in [0.25, 0.3) is 0 Å². The van der Waals surface area contributed by atoms with E-state index in [-0.39, 0.29) is 47.5 Å². The van der Waals surface area contributed by atoms with Crippen LogP contribution in [-0.4, -0.2) is 48.6 Å². The molecular formula is C21H22N2O6. The van der Waals surface area contributed by atoms with Crippen LogP contribution in [0.4, 0.5) is 5.69 Å². The van der Waals surface area contributed by atoms with E-state index in [1.54, 1.807) is 4.90 Å². The topological polar surface area (TPSA) is 105 Å². The molecular weight excluding hydrogens is 376 g/mol. The van der Waals surface area contributed by atoms with Crippen molar-refractivity contribution in [2.24, 2.45) is 5.92 Å². The van der Waals surface area contributed by atoms with Crippen LogP contribution in [0, 0.1) is 5.92 Å². The zero-order chi connectivity index (χ0) is 21.0. The molecule has 3 rings (SSSR count). The van der Waals surface area contributed by atoms with Crippen molar-refractivity contribution < 1.29 is 29.0 Å². The highest BCUT2D eigenvalue weighted by Gasteiger charge is 2.34. The molecule has 0 saturated carbocycles. The van der Waals surface area contributed by atoms with E-state index in [0.29, 0.717) is 6.54 Å². The molecule has 2 N–H and O–H groups in total. The van der Waals surface area contributed by atoms with Gasteiger partial charge in [-0.05, 0) is 17.7 Å². The molecule has 29 heavy (non-hydrogen) atoms. The van der Waals surface area contributed by atoms with E-state index in [1.165, 1.54) is 26.4 Å². The molecule has 1 unspecified atom stereocenters. The number of carbonyl (C=O) groups excluding carboxylic acids is 2. The minimum Gasteiger partial charge on any atom is -0.493 e.